The molecule has 104 valence electrons. The van der Waals surface area contributed by atoms with Crippen LogP contribution in [0.5, 0.6) is 0 Å². The van der Waals surface area contributed by atoms with Crippen LogP contribution in [-0.2, 0) is 15.3 Å². The van der Waals surface area contributed by atoms with Crippen LogP contribution in [0.1, 0.15) is 15.9 Å². The third-order valence-electron chi connectivity index (χ3n) is 2.44. The second kappa shape index (κ2) is 7.81. The summed E-state index contributed by atoms with van der Waals surface area (Å²) < 4.78 is 4.77. The largest absolute Gasteiger partial charge is 0.480 e. The van der Waals surface area contributed by atoms with E-state index in [1.165, 1.54) is 7.11 Å². The molecule has 2 N–H and O–H groups in total. The lowest BCUT2D eigenvalue weighted by molar-refractivity contribution is -0.140. The zero-order valence-electron chi connectivity index (χ0n) is 10.9. The summed E-state index contributed by atoms with van der Waals surface area (Å²) in [7, 11) is 1.39. The number of carbonyl (C=O) groups excluding carboxylic acids is 1. The van der Waals surface area contributed by atoms with Gasteiger partial charge in [-0.1, -0.05) is 12.1 Å². The Morgan fingerprint density at radius 3 is 2.79 bits per heavy atom. The summed E-state index contributed by atoms with van der Waals surface area (Å²) in [6, 6.07) is 6.09. The van der Waals surface area contributed by atoms with E-state index in [1.807, 2.05) is 12.3 Å². The van der Waals surface area contributed by atoms with Gasteiger partial charge in [-0.2, -0.15) is 11.8 Å². The lowest BCUT2D eigenvalue weighted by atomic mass is 10.1. The average molecular weight is 283 g/mol. The van der Waals surface area contributed by atoms with Crippen LogP contribution in [0.2, 0.25) is 0 Å². The van der Waals surface area contributed by atoms with Gasteiger partial charge in [-0.3, -0.25) is 4.79 Å². The van der Waals surface area contributed by atoms with Gasteiger partial charge >= 0.3 is 5.97 Å². The molecule has 19 heavy (non-hydrogen) atoms. The minimum absolute atomic E-state index is 0.0639. The molecule has 0 fully saturated rings. The van der Waals surface area contributed by atoms with Gasteiger partial charge in [0.15, 0.2) is 6.04 Å². The SMILES string of the molecule is COCC(NC(=O)c1cccc(CSC)c1)C(=O)O. The molecular formula is C13H17NO4S. The maximum absolute atomic E-state index is 12.0. The van der Waals surface area contributed by atoms with Gasteiger partial charge in [0.2, 0.25) is 0 Å². The molecule has 1 rings (SSSR count). The zero-order chi connectivity index (χ0) is 14.3. The molecule has 1 amide bonds. The number of hydrogen-bond acceptors (Lipinski definition) is 4. The standard InChI is InChI=1S/C13H17NO4S/c1-18-7-11(13(16)17)14-12(15)10-5-3-4-9(6-10)8-19-2/h3-6,11H,7-8H2,1-2H3,(H,14,15)(H,16,17). The fraction of sp³-hybridized carbons (Fsp3) is 0.385. The molecule has 0 aliphatic rings. The molecular weight excluding hydrogens is 266 g/mol. The topological polar surface area (TPSA) is 75.6 Å². The smallest absolute Gasteiger partial charge is 0.328 e. The summed E-state index contributed by atoms with van der Waals surface area (Å²) >= 11 is 1.66. The molecule has 0 heterocycles. The van der Waals surface area contributed by atoms with E-state index >= 15 is 0 Å². The molecule has 0 saturated heterocycles. The fourth-order valence-electron chi connectivity index (χ4n) is 1.55. The number of ether oxygens (including phenoxy) is 1. The predicted octanol–water partition coefficient (Wildman–Crippen LogP) is 1.38. The number of carboxylic acids is 1. The first-order valence-electron chi connectivity index (χ1n) is 5.69. The lowest BCUT2D eigenvalue weighted by Crippen LogP contribution is -2.43. The van der Waals surface area contributed by atoms with Crippen LogP contribution in [-0.4, -0.2) is 43.0 Å². The normalized spacial score (nSPS) is 11.9. The first-order valence-corrected chi connectivity index (χ1v) is 7.08. The molecule has 0 aromatic heterocycles. The Morgan fingerprint density at radius 1 is 1.47 bits per heavy atom. The van der Waals surface area contributed by atoms with E-state index in [4.69, 9.17) is 9.84 Å². The van der Waals surface area contributed by atoms with Crippen molar-refractivity contribution in [1.82, 2.24) is 5.32 Å². The van der Waals surface area contributed by atoms with E-state index in [9.17, 15) is 9.59 Å². The van der Waals surface area contributed by atoms with Crippen molar-refractivity contribution in [1.29, 1.82) is 0 Å². The van der Waals surface area contributed by atoms with E-state index in [2.05, 4.69) is 5.32 Å². The number of benzene rings is 1. The van der Waals surface area contributed by atoms with Gasteiger partial charge in [-0.15, -0.1) is 0 Å². The maximum atomic E-state index is 12.0. The Labute approximate surface area is 116 Å². The number of methoxy groups -OCH3 is 1. The van der Waals surface area contributed by atoms with Gasteiger partial charge in [0.05, 0.1) is 6.61 Å². The van der Waals surface area contributed by atoms with Gasteiger partial charge in [0, 0.05) is 18.4 Å². The molecule has 0 aliphatic carbocycles. The minimum Gasteiger partial charge on any atom is -0.480 e. The van der Waals surface area contributed by atoms with E-state index in [1.54, 1.807) is 30.0 Å². The van der Waals surface area contributed by atoms with Crippen LogP contribution in [0.15, 0.2) is 24.3 Å². The molecule has 0 aliphatic heterocycles. The first-order chi connectivity index (χ1) is 9.08. The molecule has 1 unspecified atom stereocenters. The summed E-state index contributed by atoms with van der Waals surface area (Å²) in [5, 5.41) is 11.4. The molecule has 0 radical (unpaired) electrons. The van der Waals surface area contributed by atoms with Crippen LogP contribution < -0.4 is 5.32 Å². The van der Waals surface area contributed by atoms with Crippen molar-refractivity contribution >= 4 is 23.6 Å². The number of rotatable bonds is 7. The van der Waals surface area contributed by atoms with Gasteiger partial charge in [-0.25, -0.2) is 4.79 Å². The number of amides is 1. The van der Waals surface area contributed by atoms with Crippen molar-refractivity contribution in [3.8, 4) is 0 Å². The molecule has 6 heteroatoms. The third kappa shape index (κ3) is 4.92. The highest BCUT2D eigenvalue weighted by atomic mass is 32.2. The molecule has 1 aromatic rings. The molecule has 0 bridgehead atoms. The Balaban J connectivity index is 2.76. The number of carboxylic acid groups (broad SMARTS) is 1. The number of thioether (sulfide) groups is 1. The van der Waals surface area contributed by atoms with Crippen LogP contribution in [0.4, 0.5) is 0 Å². The summed E-state index contributed by atoms with van der Waals surface area (Å²) in [4.78, 5) is 22.9. The number of aliphatic carboxylic acids is 1. The third-order valence-corrected chi connectivity index (χ3v) is 3.06. The van der Waals surface area contributed by atoms with E-state index in [0.717, 1.165) is 11.3 Å². The lowest BCUT2D eigenvalue weighted by Gasteiger charge is -2.13. The molecule has 1 atom stereocenters. The number of nitrogens with one attached hydrogen (secondary N) is 1. The highest BCUT2D eigenvalue weighted by molar-refractivity contribution is 7.97. The van der Waals surface area contributed by atoms with E-state index < -0.39 is 17.9 Å². The minimum atomic E-state index is -1.12. The monoisotopic (exact) mass is 283 g/mol. The van der Waals surface area contributed by atoms with Crippen molar-refractivity contribution in [2.45, 2.75) is 11.8 Å². The quantitative estimate of drug-likeness (QED) is 0.790. The molecule has 0 spiro atoms. The molecule has 0 saturated carbocycles. The van der Waals surface area contributed by atoms with Crippen LogP contribution >= 0.6 is 11.8 Å². The van der Waals surface area contributed by atoms with Gasteiger partial charge in [0.25, 0.3) is 5.91 Å². The Morgan fingerprint density at radius 2 is 2.21 bits per heavy atom. The van der Waals surface area contributed by atoms with Crippen molar-refractivity contribution in [2.24, 2.45) is 0 Å². The Bertz CT molecular complexity index is 450. The maximum Gasteiger partial charge on any atom is 0.328 e. The Hall–Kier alpha value is -1.53. The second-order valence-corrected chi connectivity index (χ2v) is 4.82. The molecule has 5 nitrogen and oxygen atoms in total. The van der Waals surface area contributed by atoms with Crippen molar-refractivity contribution in [3.05, 3.63) is 35.4 Å². The van der Waals surface area contributed by atoms with E-state index in [0.29, 0.717) is 5.56 Å². The average Bonchev–Trinajstić information content (AvgIpc) is 2.38. The number of hydrogen-bond donors (Lipinski definition) is 2. The van der Waals surface area contributed by atoms with Crippen LogP contribution in [0.25, 0.3) is 0 Å². The van der Waals surface area contributed by atoms with Gasteiger partial charge < -0.3 is 15.2 Å². The zero-order valence-corrected chi connectivity index (χ0v) is 11.7. The second-order valence-electron chi connectivity index (χ2n) is 3.95. The summed E-state index contributed by atoms with van der Waals surface area (Å²) in [6.45, 7) is -0.0639. The predicted molar refractivity (Wildman–Crippen MR) is 74.4 cm³/mol. The summed E-state index contributed by atoms with van der Waals surface area (Å²) in [5.41, 5.74) is 1.48. The van der Waals surface area contributed by atoms with Crippen molar-refractivity contribution in [2.75, 3.05) is 20.0 Å². The summed E-state index contributed by atoms with van der Waals surface area (Å²) in [6.07, 6.45) is 1.98. The molecule has 1 aromatic carbocycles. The fourth-order valence-corrected chi connectivity index (χ4v) is 2.06. The van der Waals surface area contributed by atoms with Crippen molar-refractivity contribution < 1.29 is 19.4 Å². The van der Waals surface area contributed by atoms with Crippen LogP contribution in [0, 0.1) is 0 Å². The summed E-state index contributed by atoms with van der Waals surface area (Å²) in [5.74, 6) is -0.718. The van der Waals surface area contributed by atoms with E-state index in [-0.39, 0.29) is 6.61 Å². The Kier molecular flexibility index (Phi) is 6.38. The number of carbonyl (C=O) groups is 2. The van der Waals surface area contributed by atoms with Gasteiger partial charge in [-0.05, 0) is 24.0 Å². The van der Waals surface area contributed by atoms with Crippen molar-refractivity contribution in [3.63, 3.8) is 0 Å². The first kappa shape index (κ1) is 15.5. The highest BCUT2D eigenvalue weighted by Gasteiger charge is 2.20. The highest BCUT2D eigenvalue weighted by Crippen LogP contribution is 2.11. The van der Waals surface area contributed by atoms with Crippen LogP contribution in [0.3, 0.4) is 0 Å². The van der Waals surface area contributed by atoms with Gasteiger partial charge in [0.1, 0.15) is 0 Å².